The lowest BCUT2D eigenvalue weighted by Crippen LogP contribution is -2.20. The van der Waals surface area contributed by atoms with Crippen molar-refractivity contribution in [3.8, 4) is 0 Å². The van der Waals surface area contributed by atoms with E-state index in [2.05, 4.69) is 4.99 Å². The fraction of sp³-hybridized carbons (Fsp3) is 0.0667. The van der Waals surface area contributed by atoms with Crippen LogP contribution in [0.4, 0.5) is 5.69 Å². The van der Waals surface area contributed by atoms with Crippen LogP contribution in [0.1, 0.15) is 15.9 Å². The molecule has 0 spiro atoms. The highest BCUT2D eigenvalue weighted by molar-refractivity contribution is 6.05. The van der Waals surface area contributed by atoms with Gasteiger partial charge in [-0.25, -0.2) is 9.79 Å². The minimum Gasteiger partial charge on any atom is -0.478 e. The second kappa shape index (κ2) is 5.05. The zero-order valence-corrected chi connectivity index (χ0v) is 10.6. The number of nitrogens with zero attached hydrogens (tertiary/aromatic N) is 2. The average molecular weight is 268 g/mol. The second-order valence-corrected chi connectivity index (χ2v) is 4.26. The number of hydrogen-bond donors (Lipinski definition) is 1. The molecule has 0 saturated carbocycles. The van der Waals surface area contributed by atoms with Gasteiger partial charge in [0.25, 0.3) is 5.90 Å². The second-order valence-electron chi connectivity index (χ2n) is 4.26. The van der Waals surface area contributed by atoms with Crippen LogP contribution in [0.3, 0.4) is 0 Å². The molecule has 2 aromatic carbocycles. The normalized spacial score (nSPS) is 13.8. The molecule has 0 unspecified atom stereocenters. The van der Waals surface area contributed by atoms with Crippen molar-refractivity contribution in [1.29, 1.82) is 0 Å². The Bertz CT molecular complexity index is 668. The molecular weight excluding hydrogens is 256 g/mol. The number of carboxylic acid groups (broad SMARTS) is 1. The molecule has 3 rings (SSSR count). The molecule has 1 heterocycles. The van der Waals surface area contributed by atoms with E-state index in [0.717, 1.165) is 5.69 Å². The molecule has 2 aromatic rings. The van der Waals surface area contributed by atoms with Gasteiger partial charge in [-0.3, -0.25) is 0 Å². The van der Waals surface area contributed by atoms with E-state index in [1.165, 1.54) is 6.07 Å². The number of anilines is 1. The number of carbonyl (C=O) groups is 1. The first-order chi connectivity index (χ1) is 9.75. The van der Waals surface area contributed by atoms with Gasteiger partial charge < -0.3 is 9.94 Å². The minimum absolute atomic E-state index is 0.182. The van der Waals surface area contributed by atoms with Gasteiger partial charge in [0.15, 0.2) is 0 Å². The summed E-state index contributed by atoms with van der Waals surface area (Å²) in [6.07, 6.45) is 0. The molecule has 0 aromatic heterocycles. The summed E-state index contributed by atoms with van der Waals surface area (Å²) < 4.78 is 0. The maximum absolute atomic E-state index is 11.2. The molecule has 0 radical (unpaired) electrons. The highest BCUT2D eigenvalue weighted by Gasteiger charge is 2.23. The third kappa shape index (κ3) is 2.21. The lowest BCUT2D eigenvalue weighted by Gasteiger charge is -2.16. The fourth-order valence-corrected chi connectivity index (χ4v) is 2.01. The van der Waals surface area contributed by atoms with Crippen molar-refractivity contribution in [2.75, 3.05) is 11.7 Å². The number of benzene rings is 2. The molecule has 5 nitrogen and oxygen atoms in total. The number of carboxylic acids is 1. The van der Waals surface area contributed by atoms with Crippen molar-refractivity contribution in [2.24, 2.45) is 4.99 Å². The number of rotatable bonds is 3. The number of para-hydroxylation sites is 1. The zero-order valence-electron chi connectivity index (χ0n) is 10.6. The predicted octanol–water partition coefficient (Wildman–Crippen LogP) is 2.54. The molecule has 5 heteroatoms. The molecule has 100 valence electrons. The van der Waals surface area contributed by atoms with E-state index in [1.54, 1.807) is 23.3 Å². The molecule has 0 bridgehead atoms. The van der Waals surface area contributed by atoms with Gasteiger partial charge in [-0.05, 0) is 24.3 Å². The summed E-state index contributed by atoms with van der Waals surface area (Å²) in [5.74, 6) is -0.670. The first-order valence-electron chi connectivity index (χ1n) is 6.13. The lowest BCUT2D eigenvalue weighted by atomic mass is 10.1. The first-order valence-corrected chi connectivity index (χ1v) is 6.13. The monoisotopic (exact) mass is 268 g/mol. The highest BCUT2D eigenvalue weighted by Crippen LogP contribution is 2.21. The molecular formula is C15H12N2O3. The topological polar surface area (TPSA) is 62.1 Å². The summed E-state index contributed by atoms with van der Waals surface area (Å²) in [7, 11) is 0. The van der Waals surface area contributed by atoms with Gasteiger partial charge in [0, 0.05) is 0 Å². The van der Waals surface area contributed by atoms with Crippen molar-refractivity contribution in [1.82, 2.24) is 0 Å². The van der Waals surface area contributed by atoms with Crippen LogP contribution < -0.4 is 5.06 Å². The van der Waals surface area contributed by atoms with Crippen molar-refractivity contribution in [3.05, 3.63) is 65.7 Å². The van der Waals surface area contributed by atoms with Crippen LogP contribution in [0, 0.1) is 0 Å². The Morgan fingerprint density at radius 1 is 1.10 bits per heavy atom. The maximum atomic E-state index is 11.2. The van der Waals surface area contributed by atoms with Gasteiger partial charge in [0.2, 0.25) is 0 Å². The SMILES string of the molecule is O=C(O)c1ccccc1C1=NCN(c2ccccc2)O1. The van der Waals surface area contributed by atoms with Crippen molar-refractivity contribution in [2.45, 2.75) is 0 Å². The molecule has 1 aliphatic rings. The standard InChI is InChI=1S/C15H12N2O3/c18-15(19)13-9-5-4-8-12(13)14-16-10-17(20-14)11-6-2-1-3-7-11/h1-9H,10H2,(H,18,19). The van der Waals surface area contributed by atoms with E-state index in [-0.39, 0.29) is 5.56 Å². The Labute approximate surface area is 115 Å². The average Bonchev–Trinajstić information content (AvgIpc) is 2.98. The summed E-state index contributed by atoms with van der Waals surface area (Å²) in [6, 6.07) is 16.2. The summed E-state index contributed by atoms with van der Waals surface area (Å²) in [4.78, 5) is 21.1. The van der Waals surface area contributed by atoms with E-state index in [1.807, 2.05) is 30.3 Å². The zero-order chi connectivity index (χ0) is 13.9. The summed E-state index contributed by atoms with van der Waals surface area (Å²) >= 11 is 0. The largest absolute Gasteiger partial charge is 0.478 e. The van der Waals surface area contributed by atoms with Crippen LogP contribution in [0.2, 0.25) is 0 Å². The smallest absolute Gasteiger partial charge is 0.336 e. The molecule has 0 atom stereocenters. The Balaban J connectivity index is 1.86. The van der Waals surface area contributed by atoms with Crippen LogP contribution in [-0.2, 0) is 4.84 Å². The molecule has 0 aliphatic carbocycles. The number of aromatic carboxylic acids is 1. The Morgan fingerprint density at radius 2 is 1.80 bits per heavy atom. The summed E-state index contributed by atoms with van der Waals surface area (Å²) in [6.45, 7) is 0.341. The van der Waals surface area contributed by atoms with Crippen molar-refractivity contribution >= 4 is 17.6 Å². The molecule has 1 N–H and O–H groups in total. The third-order valence-electron chi connectivity index (χ3n) is 2.97. The van der Waals surface area contributed by atoms with E-state index in [9.17, 15) is 9.90 Å². The van der Waals surface area contributed by atoms with Gasteiger partial charge in [-0.2, -0.15) is 5.06 Å². The van der Waals surface area contributed by atoms with E-state index in [4.69, 9.17) is 4.84 Å². The maximum Gasteiger partial charge on any atom is 0.336 e. The van der Waals surface area contributed by atoms with Crippen LogP contribution in [0.5, 0.6) is 0 Å². The molecule has 0 fully saturated rings. The van der Waals surface area contributed by atoms with Crippen molar-refractivity contribution < 1.29 is 14.7 Å². The van der Waals surface area contributed by atoms with Crippen LogP contribution in [0.25, 0.3) is 0 Å². The summed E-state index contributed by atoms with van der Waals surface area (Å²) in [5, 5.41) is 10.8. The molecule has 0 saturated heterocycles. The third-order valence-corrected chi connectivity index (χ3v) is 2.97. The van der Waals surface area contributed by atoms with Gasteiger partial charge >= 0.3 is 5.97 Å². The van der Waals surface area contributed by atoms with E-state index < -0.39 is 5.97 Å². The molecule has 0 amide bonds. The number of hydrogen-bond acceptors (Lipinski definition) is 4. The molecule has 1 aliphatic heterocycles. The van der Waals surface area contributed by atoms with E-state index >= 15 is 0 Å². The van der Waals surface area contributed by atoms with Crippen LogP contribution in [-0.4, -0.2) is 23.6 Å². The number of aliphatic imine (C=N–C) groups is 1. The fourth-order valence-electron chi connectivity index (χ4n) is 2.01. The minimum atomic E-state index is -0.995. The predicted molar refractivity (Wildman–Crippen MR) is 74.8 cm³/mol. The van der Waals surface area contributed by atoms with Crippen molar-refractivity contribution in [3.63, 3.8) is 0 Å². The highest BCUT2D eigenvalue weighted by atomic mass is 16.7. The van der Waals surface area contributed by atoms with Gasteiger partial charge in [0.1, 0.15) is 6.67 Å². The van der Waals surface area contributed by atoms with Gasteiger partial charge in [-0.1, -0.05) is 30.3 Å². The summed E-state index contributed by atoms with van der Waals surface area (Å²) in [5.41, 5.74) is 1.54. The van der Waals surface area contributed by atoms with E-state index in [0.29, 0.717) is 18.1 Å². The Hall–Kier alpha value is -2.82. The Kier molecular flexibility index (Phi) is 3.09. The Morgan fingerprint density at radius 3 is 2.55 bits per heavy atom. The lowest BCUT2D eigenvalue weighted by molar-refractivity contribution is 0.0696. The molecule has 20 heavy (non-hydrogen) atoms. The quantitative estimate of drug-likeness (QED) is 0.929. The van der Waals surface area contributed by atoms with Gasteiger partial charge in [0.05, 0.1) is 16.8 Å². The van der Waals surface area contributed by atoms with Crippen LogP contribution >= 0.6 is 0 Å². The number of hydroxylamine groups is 1. The first kappa shape index (κ1) is 12.2. The van der Waals surface area contributed by atoms with Crippen LogP contribution in [0.15, 0.2) is 59.6 Å². The van der Waals surface area contributed by atoms with Gasteiger partial charge in [-0.15, -0.1) is 0 Å².